The lowest BCUT2D eigenvalue weighted by atomic mass is 10.1. The summed E-state index contributed by atoms with van der Waals surface area (Å²) >= 11 is 0. The summed E-state index contributed by atoms with van der Waals surface area (Å²) in [6, 6.07) is 5.69. The van der Waals surface area contributed by atoms with Gasteiger partial charge in [-0.3, -0.25) is 4.79 Å². The fraction of sp³-hybridized carbons (Fsp3) is 0.455. The van der Waals surface area contributed by atoms with Crippen LogP contribution < -0.4 is 0 Å². The number of aromatic nitrogens is 1. The molecule has 2 heterocycles. The van der Waals surface area contributed by atoms with Crippen molar-refractivity contribution >= 4 is 11.9 Å². The summed E-state index contributed by atoms with van der Waals surface area (Å²) in [7, 11) is 0. The molecule has 0 unspecified atom stereocenters. The molecule has 0 spiro atoms. The van der Waals surface area contributed by atoms with E-state index in [1.165, 1.54) is 18.2 Å². The number of hydrogen-bond donors (Lipinski definition) is 1. The minimum Gasteiger partial charge on any atom is -0.461 e. The molecule has 1 N–H and O–H groups in total. The number of H-pyrrole nitrogens is 1. The van der Waals surface area contributed by atoms with E-state index in [1.54, 1.807) is 17.9 Å². The molecule has 29 heavy (non-hydrogen) atoms. The molecular formula is C22H27FN2O4. The van der Waals surface area contributed by atoms with Crippen LogP contribution >= 0.6 is 0 Å². The largest absolute Gasteiger partial charge is 0.461 e. The lowest BCUT2D eigenvalue weighted by Gasteiger charge is -2.26. The van der Waals surface area contributed by atoms with Crippen LogP contribution in [0.4, 0.5) is 4.39 Å². The van der Waals surface area contributed by atoms with Gasteiger partial charge >= 0.3 is 5.97 Å². The van der Waals surface area contributed by atoms with Gasteiger partial charge in [-0.2, -0.15) is 0 Å². The number of halogens is 1. The molecule has 1 aromatic heterocycles. The third-order valence-electron chi connectivity index (χ3n) is 5.23. The zero-order valence-corrected chi connectivity index (χ0v) is 17.1. The normalized spacial score (nSPS) is 16.1. The van der Waals surface area contributed by atoms with Gasteiger partial charge in [0.2, 0.25) is 0 Å². The van der Waals surface area contributed by atoms with Gasteiger partial charge in [-0.1, -0.05) is 6.07 Å². The third kappa shape index (κ3) is 4.85. The Balaban J connectivity index is 1.89. The molecule has 1 aliphatic heterocycles. The molecular weight excluding hydrogens is 375 g/mol. The highest BCUT2D eigenvalue weighted by atomic mass is 19.1. The molecule has 156 valence electrons. The molecule has 1 saturated heterocycles. The van der Waals surface area contributed by atoms with E-state index in [-0.39, 0.29) is 18.6 Å². The molecule has 0 bridgehead atoms. The van der Waals surface area contributed by atoms with Crippen LogP contribution in [0.5, 0.6) is 0 Å². The van der Waals surface area contributed by atoms with Gasteiger partial charge in [0.25, 0.3) is 5.91 Å². The number of carbonyl (C=O) groups excluding carboxylic acids is 2. The number of ether oxygens (including phenoxy) is 2. The maximum atomic E-state index is 13.7. The molecule has 2 aromatic rings. The predicted molar refractivity (Wildman–Crippen MR) is 106 cm³/mol. The van der Waals surface area contributed by atoms with Crippen LogP contribution in [0, 0.1) is 19.7 Å². The first-order valence-corrected chi connectivity index (χ1v) is 9.92. The Morgan fingerprint density at radius 2 is 2.14 bits per heavy atom. The second-order valence-electron chi connectivity index (χ2n) is 7.28. The molecule has 1 aromatic carbocycles. The lowest BCUT2D eigenvalue weighted by molar-refractivity contribution is 0.0506. The number of benzene rings is 1. The SMILES string of the molecule is CCOC(=O)c1[nH]c(C)c(CN(C[C@H]2CCCO2)C(=O)c2cccc(F)c2)c1C. The average molecular weight is 402 g/mol. The van der Waals surface area contributed by atoms with Crippen LogP contribution in [0.15, 0.2) is 24.3 Å². The van der Waals surface area contributed by atoms with Crippen molar-refractivity contribution in [3.05, 3.63) is 58.2 Å². The minimum atomic E-state index is -0.452. The Kier molecular flexibility index (Phi) is 6.69. The number of aryl methyl sites for hydroxylation is 1. The van der Waals surface area contributed by atoms with Crippen LogP contribution in [-0.4, -0.2) is 47.6 Å². The van der Waals surface area contributed by atoms with Gasteiger partial charge in [0.15, 0.2) is 0 Å². The van der Waals surface area contributed by atoms with Crippen LogP contribution in [0.25, 0.3) is 0 Å². The van der Waals surface area contributed by atoms with E-state index in [2.05, 4.69) is 4.98 Å². The average Bonchev–Trinajstić information content (AvgIpc) is 3.30. The monoisotopic (exact) mass is 402 g/mol. The first kappa shape index (κ1) is 21.0. The van der Waals surface area contributed by atoms with Gasteiger partial charge in [0, 0.05) is 31.0 Å². The number of aromatic amines is 1. The van der Waals surface area contributed by atoms with E-state index >= 15 is 0 Å². The zero-order valence-electron chi connectivity index (χ0n) is 17.1. The van der Waals surface area contributed by atoms with Crippen molar-refractivity contribution < 1.29 is 23.5 Å². The molecule has 0 aliphatic carbocycles. The minimum absolute atomic E-state index is 0.0448. The molecule has 1 aliphatic rings. The number of hydrogen-bond acceptors (Lipinski definition) is 4. The van der Waals surface area contributed by atoms with Crippen molar-refractivity contribution in [2.75, 3.05) is 19.8 Å². The van der Waals surface area contributed by atoms with Crippen molar-refractivity contribution in [3.63, 3.8) is 0 Å². The molecule has 0 saturated carbocycles. The van der Waals surface area contributed by atoms with Crippen molar-refractivity contribution in [1.82, 2.24) is 9.88 Å². The maximum Gasteiger partial charge on any atom is 0.355 e. The molecule has 6 nitrogen and oxygen atoms in total. The van der Waals surface area contributed by atoms with Gasteiger partial charge in [-0.05, 0) is 62.9 Å². The Morgan fingerprint density at radius 1 is 1.34 bits per heavy atom. The van der Waals surface area contributed by atoms with Crippen LogP contribution in [0.3, 0.4) is 0 Å². The number of rotatable bonds is 7. The van der Waals surface area contributed by atoms with Crippen LogP contribution in [-0.2, 0) is 16.0 Å². The van der Waals surface area contributed by atoms with Crippen molar-refractivity contribution in [1.29, 1.82) is 0 Å². The van der Waals surface area contributed by atoms with Gasteiger partial charge in [-0.25, -0.2) is 9.18 Å². The first-order chi connectivity index (χ1) is 13.9. The highest BCUT2D eigenvalue weighted by molar-refractivity contribution is 5.94. The fourth-order valence-corrected chi connectivity index (χ4v) is 3.68. The first-order valence-electron chi connectivity index (χ1n) is 9.92. The molecule has 3 rings (SSSR count). The van der Waals surface area contributed by atoms with E-state index in [1.807, 2.05) is 13.8 Å². The standard InChI is InChI=1S/C22H27FN2O4/c1-4-28-22(27)20-14(2)19(15(3)24-20)13-25(12-18-9-6-10-29-18)21(26)16-7-5-8-17(23)11-16/h5,7-8,11,18,24H,4,6,9-10,12-13H2,1-3H3/t18-/m1/s1. The Morgan fingerprint density at radius 3 is 2.79 bits per heavy atom. The second kappa shape index (κ2) is 9.22. The Hall–Kier alpha value is -2.67. The zero-order chi connectivity index (χ0) is 21.0. The van der Waals surface area contributed by atoms with Crippen LogP contribution in [0.1, 0.15) is 57.4 Å². The third-order valence-corrected chi connectivity index (χ3v) is 5.23. The molecule has 1 atom stereocenters. The summed E-state index contributed by atoms with van der Waals surface area (Å²) in [5.41, 5.74) is 3.10. The molecule has 1 amide bonds. The van der Waals surface area contributed by atoms with E-state index in [4.69, 9.17) is 9.47 Å². The summed E-state index contributed by atoms with van der Waals surface area (Å²) < 4.78 is 24.5. The van der Waals surface area contributed by atoms with Gasteiger partial charge in [-0.15, -0.1) is 0 Å². The maximum absolute atomic E-state index is 13.7. The summed E-state index contributed by atoms with van der Waals surface area (Å²) in [5.74, 6) is -1.13. The quantitative estimate of drug-likeness (QED) is 0.716. The van der Waals surface area contributed by atoms with Crippen molar-refractivity contribution in [3.8, 4) is 0 Å². The number of carbonyl (C=O) groups is 2. The summed E-state index contributed by atoms with van der Waals surface area (Å²) in [5, 5.41) is 0. The van der Waals surface area contributed by atoms with Gasteiger partial charge in [0.1, 0.15) is 11.5 Å². The van der Waals surface area contributed by atoms with Crippen molar-refractivity contribution in [2.24, 2.45) is 0 Å². The van der Waals surface area contributed by atoms with E-state index < -0.39 is 11.8 Å². The fourth-order valence-electron chi connectivity index (χ4n) is 3.68. The molecule has 0 radical (unpaired) electrons. The Labute approximate surface area is 170 Å². The highest BCUT2D eigenvalue weighted by Gasteiger charge is 2.27. The number of esters is 1. The second-order valence-corrected chi connectivity index (χ2v) is 7.28. The molecule has 1 fully saturated rings. The summed E-state index contributed by atoms with van der Waals surface area (Å²) in [6.07, 6.45) is 1.80. The summed E-state index contributed by atoms with van der Waals surface area (Å²) in [6.45, 7) is 7.13. The van der Waals surface area contributed by atoms with Gasteiger partial charge in [0.05, 0.1) is 12.7 Å². The van der Waals surface area contributed by atoms with E-state index in [0.717, 1.165) is 29.7 Å². The lowest BCUT2D eigenvalue weighted by Crippen LogP contribution is -2.37. The topological polar surface area (TPSA) is 71.6 Å². The smallest absolute Gasteiger partial charge is 0.355 e. The number of nitrogens with zero attached hydrogens (tertiary/aromatic N) is 1. The van der Waals surface area contributed by atoms with Crippen LogP contribution in [0.2, 0.25) is 0 Å². The number of amides is 1. The highest BCUT2D eigenvalue weighted by Crippen LogP contribution is 2.23. The van der Waals surface area contributed by atoms with Gasteiger partial charge < -0.3 is 19.4 Å². The predicted octanol–water partition coefficient (Wildman–Crippen LogP) is 3.77. The van der Waals surface area contributed by atoms with E-state index in [0.29, 0.717) is 31.0 Å². The summed E-state index contributed by atoms with van der Waals surface area (Å²) in [4.78, 5) is 30.1. The van der Waals surface area contributed by atoms with E-state index in [9.17, 15) is 14.0 Å². The number of nitrogens with one attached hydrogen (secondary N) is 1. The Bertz CT molecular complexity index is 887. The van der Waals surface area contributed by atoms with Crippen molar-refractivity contribution in [2.45, 2.75) is 46.3 Å². The molecule has 7 heteroatoms.